The number of hydrogen-bond acceptors (Lipinski definition) is 5. The molecule has 0 radical (unpaired) electrons. The Kier molecular flexibility index (Phi) is 4.13. The summed E-state index contributed by atoms with van der Waals surface area (Å²) in [6, 6.07) is 5.37. The SMILES string of the molecule is C=C1Cc2cnoc2-c2c3c(nn2C1)CCN(C(=O)Nc1ccc(F)c(C#N)c1)C3. The Morgan fingerprint density at radius 2 is 2.23 bits per heavy atom. The van der Waals surface area contributed by atoms with Gasteiger partial charge in [-0.05, 0) is 18.2 Å². The first-order valence-corrected chi connectivity index (χ1v) is 9.48. The van der Waals surface area contributed by atoms with Crippen molar-refractivity contribution in [2.75, 3.05) is 11.9 Å². The Labute approximate surface area is 171 Å². The number of nitrogens with one attached hydrogen (secondary N) is 1. The molecule has 2 amide bonds. The second-order valence-corrected chi connectivity index (χ2v) is 7.45. The first kappa shape index (κ1) is 18.1. The molecule has 0 bridgehead atoms. The third-order valence-corrected chi connectivity index (χ3v) is 5.40. The van der Waals surface area contributed by atoms with E-state index in [1.54, 1.807) is 17.2 Å². The maximum Gasteiger partial charge on any atom is 0.322 e. The van der Waals surface area contributed by atoms with Crippen LogP contribution in [0.5, 0.6) is 0 Å². The van der Waals surface area contributed by atoms with Crippen LogP contribution in [0, 0.1) is 17.1 Å². The molecule has 2 aliphatic rings. The van der Waals surface area contributed by atoms with Crippen LogP contribution >= 0.6 is 0 Å². The van der Waals surface area contributed by atoms with Crippen molar-refractivity contribution in [1.82, 2.24) is 19.8 Å². The van der Waals surface area contributed by atoms with Gasteiger partial charge in [-0.1, -0.05) is 17.3 Å². The first-order valence-electron chi connectivity index (χ1n) is 9.48. The van der Waals surface area contributed by atoms with Crippen LogP contribution in [0.3, 0.4) is 0 Å². The van der Waals surface area contributed by atoms with E-state index in [-0.39, 0.29) is 11.6 Å². The smallest absolute Gasteiger partial charge is 0.322 e. The molecule has 8 nitrogen and oxygen atoms in total. The van der Waals surface area contributed by atoms with Crippen molar-refractivity contribution >= 4 is 11.7 Å². The summed E-state index contributed by atoms with van der Waals surface area (Å²) >= 11 is 0. The lowest BCUT2D eigenvalue weighted by atomic mass is 10.0. The van der Waals surface area contributed by atoms with Crippen molar-refractivity contribution in [3.05, 3.63) is 64.7 Å². The number of rotatable bonds is 1. The van der Waals surface area contributed by atoms with E-state index >= 15 is 0 Å². The number of nitriles is 1. The second kappa shape index (κ2) is 6.84. The monoisotopic (exact) mass is 404 g/mol. The average molecular weight is 404 g/mol. The van der Waals surface area contributed by atoms with Crippen molar-refractivity contribution in [1.29, 1.82) is 5.26 Å². The standard InChI is InChI=1S/C21H17FN6O2/c1-12-6-14-9-24-30-20(14)19-16-11-27(5-4-18(16)26-28(19)10-12)21(29)25-15-2-3-17(22)13(7-15)8-23/h2-3,7,9H,1,4-6,10-11H2,(H,25,29). The number of hydrogen-bond donors (Lipinski definition) is 1. The Morgan fingerprint density at radius 3 is 3.07 bits per heavy atom. The highest BCUT2D eigenvalue weighted by atomic mass is 19.1. The number of halogens is 1. The van der Waals surface area contributed by atoms with E-state index < -0.39 is 5.82 Å². The van der Waals surface area contributed by atoms with E-state index in [1.165, 1.54) is 18.2 Å². The van der Waals surface area contributed by atoms with Crippen molar-refractivity contribution in [3.8, 4) is 17.5 Å². The minimum atomic E-state index is -0.620. The summed E-state index contributed by atoms with van der Waals surface area (Å²) in [7, 11) is 0. The van der Waals surface area contributed by atoms with Crippen molar-refractivity contribution < 1.29 is 13.7 Å². The normalized spacial score (nSPS) is 14.9. The highest BCUT2D eigenvalue weighted by Gasteiger charge is 2.32. The molecule has 2 aliphatic heterocycles. The molecule has 5 rings (SSSR count). The summed E-state index contributed by atoms with van der Waals surface area (Å²) in [5, 5.41) is 20.4. The highest BCUT2D eigenvalue weighted by Crippen LogP contribution is 2.36. The fourth-order valence-electron chi connectivity index (χ4n) is 3.98. The molecule has 3 aromatic rings. The minimum Gasteiger partial charge on any atom is -0.354 e. The number of carbonyl (C=O) groups excluding carboxylic acids is 1. The predicted octanol–water partition coefficient (Wildman–Crippen LogP) is 3.25. The van der Waals surface area contributed by atoms with Gasteiger partial charge in [0.2, 0.25) is 0 Å². The molecule has 0 atom stereocenters. The van der Waals surface area contributed by atoms with Crippen LogP contribution in [0.1, 0.15) is 22.4 Å². The van der Waals surface area contributed by atoms with E-state index in [4.69, 9.17) is 14.9 Å². The quantitative estimate of drug-likeness (QED) is 0.628. The molecule has 0 unspecified atom stereocenters. The number of urea groups is 1. The molecule has 150 valence electrons. The molecule has 0 fully saturated rings. The van der Waals surface area contributed by atoms with Gasteiger partial charge in [0.1, 0.15) is 17.6 Å². The third kappa shape index (κ3) is 2.93. The largest absolute Gasteiger partial charge is 0.354 e. The van der Waals surface area contributed by atoms with Crippen LogP contribution in [-0.4, -0.2) is 32.4 Å². The van der Waals surface area contributed by atoms with Crippen LogP contribution in [-0.2, 0) is 25.9 Å². The first-order chi connectivity index (χ1) is 14.5. The Bertz CT molecular complexity index is 1230. The van der Waals surface area contributed by atoms with Crippen LogP contribution in [0.2, 0.25) is 0 Å². The summed E-state index contributed by atoms with van der Waals surface area (Å²) in [5.74, 6) is 0.0481. The van der Waals surface area contributed by atoms with Gasteiger partial charge in [0.05, 0.1) is 30.5 Å². The molecule has 30 heavy (non-hydrogen) atoms. The number of anilines is 1. The van der Waals surface area contributed by atoms with Gasteiger partial charge in [0.15, 0.2) is 5.76 Å². The Hall–Kier alpha value is -3.93. The highest BCUT2D eigenvalue weighted by molar-refractivity contribution is 5.89. The van der Waals surface area contributed by atoms with Crippen molar-refractivity contribution in [3.63, 3.8) is 0 Å². The number of allylic oxidation sites excluding steroid dienone is 1. The minimum absolute atomic E-state index is 0.117. The lowest BCUT2D eigenvalue weighted by Gasteiger charge is -2.27. The number of amides is 2. The molecule has 0 spiro atoms. The second-order valence-electron chi connectivity index (χ2n) is 7.45. The zero-order valence-electron chi connectivity index (χ0n) is 16.0. The summed E-state index contributed by atoms with van der Waals surface area (Å²) in [4.78, 5) is 14.5. The van der Waals surface area contributed by atoms with Crippen LogP contribution in [0.15, 0.2) is 41.1 Å². The molecule has 2 aromatic heterocycles. The van der Waals surface area contributed by atoms with Crippen LogP contribution < -0.4 is 5.32 Å². The van der Waals surface area contributed by atoms with Crippen molar-refractivity contribution in [2.45, 2.75) is 25.9 Å². The summed E-state index contributed by atoms with van der Waals surface area (Å²) in [6.07, 6.45) is 2.97. The van der Waals surface area contributed by atoms with Gasteiger partial charge < -0.3 is 14.7 Å². The van der Waals surface area contributed by atoms with Gasteiger partial charge in [0, 0.05) is 36.2 Å². The average Bonchev–Trinajstić information content (AvgIpc) is 3.29. The van der Waals surface area contributed by atoms with E-state index in [0.29, 0.717) is 43.9 Å². The van der Waals surface area contributed by atoms with Gasteiger partial charge in [-0.15, -0.1) is 0 Å². The molecular weight excluding hydrogens is 387 g/mol. The number of benzene rings is 1. The van der Waals surface area contributed by atoms with Gasteiger partial charge in [0.25, 0.3) is 0 Å². The maximum atomic E-state index is 13.5. The molecule has 0 saturated carbocycles. The lowest BCUT2D eigenvalue weighted by Crippen LogP contribution is -2.38. The maximum absolute atomic E-state index is 13.5. The summed E-state index contributed by atoms with van der Waals surface area (Å²) in [5.41, 5.74) is 4.92. The molecule has 1 N–H and O–H groups in total. The van der Waals surface area contributed by atoms with E-state index in [1.807, 2.05) is 4.68 Å². The van der Waals surface area contributed by atoms with Gasteiger partial charge in [-0.3, -0.25) is 4.68 Å². The molecule has 0 saturated heterocycles. The van der Waals surface area contributed by atoms with E-state index in [9.17, 15) is 9.18 Å². The number of carbonyl (C=O) groups is 1. The van der Waals surface area contributed by atoms with E-state index in [2.05, 4.69) is 17.1 Å². The molecule has 4 heterocycles. The van der Waals surface area contributed by atoms with Crippen LogP contribution in [0.25, 0.3) is 11.5 Å². The molecule has 0 aliphatic carbocycles. The molecule has 1 aromatic carbocycles. The van der Waals surface area contributed by atoms with Gasteiger partial charge in [-0.25, -0.2) is 9.18 Å². The van der Waals surface area contributed by atoms with E-state index in [0.717, 1.165) is 28.1 Å². The van der Waals surface area contributed by atoms with Crippen LogP contribution in [0.4, 0.5) is 14.9 Å². The summed E-state index contributed by atoms with van der Waals surface area (Å²) < 4.78 is 20.9. The van der Waals surface area contributed by atoms with Gasteiger partial charge in [-0.2, -0.15) is 10.4 Å². The Morgan fingerprint density at radius 1 is 1.37 bits per heavy atom. The zero-order valence-corrected chi connectivity index (χ0v) is 16.0. The Balaban J connectivity index is 1.43. The number of nitrogens with zero attached hydrogens (tertiary/aromatic N) is 5. The number of aromatic nitrogens is 3. The zero-order chi connectivity index (χ0) is 20.8. The number of fused-ring (bicyclic) bond motifs is 5. The summed E-state index contributed by atoms with van der Waals surface area (Å²) in [6.45, 7) is 5.55. The van der Waals surface area contributed by atoms with Gasteiger partial charge >= 0.3 is 6.03 Å². The third-order valence-electron chi connectivity index (χ3n) is 5.40. The fraction of sp³-hybridized carbons (Fsp3) is 0.238. The molecular formula is C21H17FN6O2. The topological polar surface area (TPSA) is 100.0 Å². The predicted molar refractivity (Wildman–Crippen MR) is 105 cm³/mol. The molecule has 9 heteroatoms. The lowest BCUT2D eigenvalue weighted by molar-refractivity contribution is 0.206. The van der Waals surface area contributed by atoms with Crippen molar-refractivity contribution in [2.24, 2.45) is 0 Å². The fourth-order valence-corrected chi connectivity index (χ4v) is 3.98.